The summed E-state index contributed by atoms with van der Waals surface area (Å²) in [5.74, 6) is 2.39. The van der Waals surface area contributed by atoms with Crippen LogP contribution in [0.1, 0.15) is 25.0 Å². The van der Waals surface area contributed by atoms with Gasteiger partial charge in [-0.1, -0.05) is 6.07 Å². The van der Waals surface area contributed by atoms with Crippen LogP contribution in [-0.2, 0) is 6.42 Å². The number of pyridine rings is 1. The van der Waals surface area contributed by atoms with Crippen LogP contribution in [0.15, 0.2) is 36.7 Å². The van der Waals surface area contributed by atoms with Crippen molar-refractivity contribution in [2.24, 2.45) is 0 Å². The molecule has 0 amide bonds. The maximum atomic E-state index is 10.5. The van der Waals surface area contributed by atoms with Crippen molar-refractivity contribution in [3.8, 4) is 28.7 Å². The molecule has 3 aromatic rings. The molecule has 7 heteroatoms. The highest BCUT2D eigenvalue weighted by atomic mass is 35.5. The van der Waals surface area contributed by atoms with Crippen LogP contribution >= 0.6 is 12.4 Å². The van der Waals surface area contributed by atoms with Gasteiger partial charge in [-0.2, -0.15) is 0 Å². The zero-order chi connectivity index (χ0) is 20.1. The van der Waals surface area contributed by atoms with E-state index in [-0.39, 0.29) is 18.2 Å². The molecule has 0 unspecified atom stereocenters. The van der Waals surface area contributed by atoms with Gasteiger partial charge in [-0.25, -0.2) is 0 Å². The van der Waals surface area contributed by atoms with Gasteiger partial charge in [0, 0.05) is 17.8 Å². The Kier molecular flexibility index (Phi) is 7.79. The zero-order valence-corrected chi connectivity index (χ0v) is 17.8. The monoisotopic (exact) mass is 419 g/mol. The number of aromatic hydroxyl groups is 1. The molecule has 1 N–H and O–H groups in total. The van der Waals surface area contributed by atoms with Crippen molar-refractivity contribution in [2.75, 3.05) is 27.4 Å². The van der Waals surface area contributed by atoms with Crippen molar-refractivity contribution >= 4 is 23.2 Å². The molecule has 0 spiro atoms. The lowest BCUT2D eigenvalue weighted by Gasteiger charge is -2.16. The highest BCUT2D eigenvalue weighted by molar-refractivity contribution is 5.92. The van der Waals surface area contributed by atoms with Gasteiger partial charge in [0.1, 0.15) is 0 Å². The molecule has 29 heavy (non-hydrogen) atoms. The summed E-state index contributed by atoms with van der Waals surface area (Å²) < 4.78 is 22.1. The molecule has 1 aromatic heterocycles. The van der Waals surface area contributed by atoms with E-state index in [9.17, 15) is 5.11 Å². The summed E-state index contributed by atoms with van der Waals surface area (Å²) in [5, 5.41) is 12.1. The van der Waals surface area contributed by atoms with Crippen LogP contribution in [0.5, 0.6) is 28.7 Å². The number of benzene rings is 2. The number of methoxy groups -OCH3 is 2. The Morgan fingerprint density at radius 1 is 0.862 bits per heavy atom. The average Bonchev–Trinajstić information content (AvgIpc) is 2.71. The average molecular weight is 420 g/mol. The van der Waals surface area contributed by atoms with Gasteiger partial charge in [-0.3, -0.25) is 4.98 Å². The van der Waals surface area contributed by atoms with Gasteiger partial charge in [0.2, 0.25) is 5.75 Å². The third-order valence-corrected chi connectivity index (χ3v) is 4.46. The summed E-state index contributed by atoms with van der Waals surface area (Å²) in [6, 6.07) is 7.59. The predicted molar refractivity (Wildman–Crippen MR) is 115 cm³/mol. The van der Waals surface area contributed by atoms with Crippen LogP contribution in [0.2, 0.25) is 0 Å². The molecule has 2 aromatic carbocycles. The molecular weight excluding hydrogens is 394 g/mol. The minimum atomic E-state index is 0. The summed E-state index contributed by atoms with van der Waals surface area (Å²) in [6.45, 7) is 4.79. The lowest BCUT2D eigenvalue weighted by atomic mass is 9.99. The smallest absolute Gasteiger partial charge is 0.203 e. The van der Waals surface area contributed by atoms with Crippen LogP contribution in [0.4, 0.5) is 0 Å². The van der Waals surface area contributed by atoms with E-state index >= 15 is 0 Å². The number of rotatable bonds is 8. The van der Waals surface area contributed by atoms with Crippen LogP contribution < -0.4 is 18.9 Å². The lowest BCUT2D eigenvalue weighted by molar-refractivity contribution is 0.288. The van der Waals surface area contributed by atoms with Crippen molar-refractivity contribution in [2.45, 2.75) is 20.3 Å². The Morgan fingerprint density at radius 3 is 2.10 bits per heavy atom. The highest BCUT2D eigenvalue weighted by Gasteiger charge is 2.16. The predicted octanol–water partition coefficient (Wildman–Crippen LogP) is 4.77. The third-order valence-electron chi connectivity index (χ3n) is 4.46. The van der Waals surface area contributed by atoms with Gasteiger partial charge >= 0.3 is 0 Å². The molecular formula is C22H26ClNO5. The minimum absolute atomic E-state index is 0. The molecule has 0 aliphatic rings. The van der Waals surface area contributed by atoms with Crippen molar-refractivity contribution in [1.29, 1.82) is 0 Å². The van der Waals surface area contributed by atoms with Crippen LogP contribution in [-0.4, -0.2) is 37.5 Å². The summed E-state index contributed by atoms with van der Waals surface area (Å²) in [4.78, 5) is 4.30. The van der Waals surface area contributed by atoms with E-state index in [0.29, 0.717) is 48.0 Å². The third kappa shape index (κ3) is 4.59. The molecule has 3 rings (SSSR count). The lowest BCUT2D eigenvalue weighted by Crippen LogP contribution is -2.01. The first-order chi connectivity index (χ1) is 13.6. The quantitative estimate of drug-likeness (QED) is 0.567. The molecule has 0 saturated heterocycles. The first kappa shape index (κ1) is 22.4. The normalized spacial score (nSPS) is 10.3. The number of phenolic OH excluding ortho intramolecular Hbond substituents is 1. The minimum Gasteiger partial charge on any atom is -0.504 e. The van der Waals surface area contributed by atoms with Gasteiger partial charge < -0.3 is 24.1 Å². The van der Waals surface area contributed by atoms with Crippen molar-refractivity contribution in [3.63, 3.8) is 0 Å². The number of nitrogens with zero attached hydrogens (tertiary/aromatic N) is 1. The maximum absolute atomic E-state index is 10.5. The molecule has 0 saturated carbocycles. The molecule has 0 aliphatic carbocycles. The summed E-state index contributed by atoms with van der Waals surface area (Å²) in [7, 11) is 3.21. The fourth-order valence-corrected chi connectivity index (χ4v) is 3.23. The van der Waals surface area contributed by atoms with Gasteiger partial charge in [0.05, 0.1) is 27.4 Å². The number of hydrogen-bond donors (Lipinski definition) is 1. The van der Waals surface area contributed by atoms with E-state index < -0.39 is 0 Å². The number of halogens is 1. The second kappa shape index (κ2) is 10.1. The molecule has 1 heterocycles. The van der Waals surface area contributed by atoms with Crippen LogP contribution in [0.25, 0.3) is 10.8 Å². The zero-order valence-electron chi connectivity index (χ0n) is 17.0. The van der Waals surface area contributed by atoms with Crippen molar-refractivity contribution in [1.82, 2.24) is 4.98 Å². The molecule has 6 nitrogen and oxygen atoms in total. The number of ether oxygens (including phenoxy) is 4. The first-order valence-electron chi connectivity index (χ1n) is 9.21. The van der Waals surface area contributed by atoms with E-state index in [1.165, 1.54) is 0 Å². The number of fused-ring (bicyclic) bond motifs is 1. The molecule has 0 fully saturated rings. The van der Waals surface area contributed by atoms with Crippen LogP contribution in [0, 0.1) is 0 Å². The van der Waals surface area contributed by atoms with E-state index in [1.807, 2.05) is 32.0 Å². The fourth-order valence-electron chi connectivity index (χ4n) is 3.23. The van der Waals surface area contributed by atoms with Gasteiger partial charge in [0.25, 0.3) is 0 Å². The summed E-state index contributed by atoms with van der Waals surface area (Å²) >= 11 is 0. The second-order valence-electron chi connectivity index (χ2n) is 6.18. The second-order valence-corrected chi connectivity index (χ2v) is 6.18. The highest BCUT2D eigenvalue weighted by Crippen LogP contribution is 2.40. The fraction of sp³-hybridized carbons (Fsp3) is 0.318. The van der Waals surface area contributed by atoms with Crippen LogP contribution in [0.3, 0.4) is 0 Å². The summed E-state index contributed by atoms with van der Waals surface area (Å²) in [6.07, 6.45) is 4.05. The topological polar surface area (TPSA) is 70.0 Å². The van der Waals surface area contributed by atoms with E-state index in [1.54, 1.807) is 32.7 Å². The number of hydrogen-bond acceptors (Lipinski definition) is 6. The van der Waals surface area contributed by atoms with E-state index in [0.717, 1.165) is 16.5 Å². The van der Waals surface area contributed by atoms with Crippen molar-refractivity contribution in [3.05, 3.63) is 47.8 Å². The van der Waals surface area contributed by atoms with E-state index in [4.69, 9.17) is 18.9 Å². The first-order valence-corrected chi connectivity index (χ1v) is 9.21. The SMILES string of the molecule is CCOc1ccc2c(Cc3cc(OC)c(OCC)c(OC)c3)cncc2c1O.Cl. The Balaban J connectivity index is 0.00000300. The maximum Gasteiger partial charge on any atom is 0.203 e. The molecule has 156 valence electrons. The summed E-state index contributed by atoms with van der Waals surface area (Å²) in [5.41, 5.74) is 1.96. The van der Waals surface area contributed by atoms with Gasteiger partial charge in [-0.05, 0) is 55.0 Å². The molecule has 0 aliphatic heterocycles. The standard InChI is InChI=1S/C22H25NO5.ClH/c1-5-27-18-8-7-16-15(12-23-13-17(16)21(18)24)9-14-10-19(25-3)22(28-6-2)20(11-14)26-4;/h7-8,10-13,24H,5-6,9H2,1-4H3;1H. The Labute approximate surface area is 176 Å². The van der Waals surface area contributed by atoms with Gasteiger partial charge in [-0.15, -0.1) is 12.4 Å². The van der Waals surface area contributed by atoms with Crippen molar-refractivity contribution < 1.29 is 24.1 Å². The Hall–Kier alpha value is -2.86. The van der Waals surface area contributed by atoms with Gasteiger partial charge in [0.15, 0.2) is 23.0 Å². The Bertz CT molecular complexity index is 952. The molecule has 0 bridgehead atoms. The number of phenols is 1. The number of aromatic nitrogens is 1. The largest absolute Gasteiger partial charge is 0.504 e. The van der Waals surface area contributed by atoms with E-state index in [2.05, 4.69) is 4.98 Å². The molecule has 0 radical (unpaired) electrons. The molecule has 0 atom stereocenters. The Morgan fingerprint density at radius 2 is 1.52 bits per heavy atom.